The van der Waals surface area contributed by atoms with E-state index >= 15 is 0 Å². The zero-order valence-corrected chi connectivity index (χ0v) is 17.4. The molecule has 2 saturated heterocycles. The molecular formula is C23H30N4O3. The number of nitriles is 1. The smallest absolute Gasteiger partial charge is 0.251 e. The van der Waals surface area contributed by atoms with Gasteiger partial charge in [-0.2, -0.15) is 5.26 Å². The van der Waals surface area contributed by atoms with Crippen LogP contribution in [0.1, 0.15) is 48.0 Å². The Labute approximate surface area is 178 Å². The van der Waals surface area contributed by atoms with Gasteiger partial charge in [0.05, 0.1) is 24.8 Å². The Morgan fingerprint density at radius 1 is 1.07 bits per heavy atom. The predicted molar refractivity (Wildman–Crippen MR) is 112 cm³/mol. The van der Waals surface area contributed by atoms with E-state index in [1.54, 1.807) is 24.3 Å². The molecule has 1 N–H and O–H groups in total. The molecule has 1 aliphatic carbocycles. The van der Waals surface area contributed by atoms with Crippen molar-refractivity contribution in [3.05, 3.63) is 35.4 Å². The van der Waals surface area contributed by atoms with Crippen LogP contribution in [0, 0.1) is 17.2 Å². The van der Waals surface area contributed by atoms with Crippen LogP contribution in [-0.4, -0.2) is 73.1 Å². The average Bonchev–Trinajstić information content (AvgIpc) is 3.54. The number of ether oxygens (including phenoxy) is 1. The van der Waals surface area contributed by atoms with Crippen molar-refractivity contribution in [1.29, 1.82) is 5.26 Å². The molecule has 0 spiro atoms. The first-order chi connectivity index (χ1) is 14.6. The third-order valence-electron chi connectivity index (χ3n) is 6.49. The minimum Gasteiger partial charge on any atom is -0.378 e. The van der Waals surface area contributed by atoms with Crippen molar-refractivity contribution < 1.29 is 14.3 Å². The van der Waals surface area contributed by atoms with Gasteiger partial charge in [0, 0.05) is 50.2 Å². The first-order valence-corrected chi connectivity index (χ1v) is 11.0. The van der Waals surface area contributed by atoms with Crippen molar-refractivity contribution in [3.8, 4) is 6.07 Å². The summed E-state index contributed by atoms with van der Waals surface area (Å²) < 4.78 is 5.36. The van der Waals surface area contributed by atoms with Crippen molar-refractivity contribution in [1.82, 2.24) is 15.1 Å². The van der Waals surface area contributed by atoms with Crippen LogP contribution in [0.15, 0.2) is 24.3 Å². The Balaban J connectivity index is 1.33. The third kappa shape index (κ3) is 5.18. The summed E-state index contributed by atoms with van der Waals surface area (Å²) in [6.07, 6.45) is 5.10. The minimum atomic E-state index is -0.112. The van der Waals surface area contributed by atoms with Gasteiger partial charge in [0.1, 0.15) is 0 Å². The van der Waals surface area contributed by atoms with Crippen molar-refractivity contribution in [2.24, 2.45) is 5.92 Å². The van der Waals surface area contributed by atoms with Gasteiger partial charge in [0.25, 0.3) is 5.91 Å². The van der Waals surface area contributed by atoms with Crippen LogP contribution in [0.2, 0.25) is 0 Å². The molecule has 0 bridgehead atoms. The van der Waals surface area contributed by atoms with E-state index in [2.05, 4.69) is 16.3 Å². The van der Waals surface area contributed by atoms with Crippen LogP contribution in [-0.2, 0) is 9.53 Å². The van der Waals surface area contributed by atoms with Gasteiger partial charge < -0.3 is 15.0 Å². The van der Waals surface area contributed by atoms with Crippen molar-refractivity contribution in [2.45, 2.75) is 44.2 Å². The van der Waals surface area contributed by atoms with E-state index in [-0.39, 0.29) is 23.9 Å². The molecule has 3 fully saturated rings. The number of nitrogens with zero attached hydrogens (tertiary/aromatic N) is 3. The second-order valence-electron chi connectivity index (χ2n) is 8.62. The summed E-state index contributed by atoms with van der Waals surface area (Å²) in [5.74, 6) is 0.853. The molecule has 3 aliphatic rings. The van der Waals surface area contributed by atoms with E-state index in [9.17, 15) is 9.59 Å². The molecule has 160 valence electrons. The molecular weight excluding hydrogens is 380 g/mol. The minimum absolute atomic E-state index is 0.112. The highest BCUT2D eigenvalue weighted by Crippen LogP contribution is 2.35. The van der Waals surface area contributed by atoms with Crippen LogP contribution in [0.5, 0.6) is 0 Å². The summed E-state index contributed by atoms with van der Waals surface area (Å²) in [7, 11) is 0. The molecule has 7 nitrogen and oxygen atoms in total. The largest absolute Gasteiger partial charge is 0.378 e. The molecule has 2 heterocycles. The van der Waals surface area contributed by atoms with Crippen molar-refractivity contribution in [2.75, 3.05) is 39.4 Å². The number of rotatable bonds is 7. The molecule has 0 unspecified atom stereocenters. The van der Waals surface area contributed by atoms with Crippen molar-refractivity contribution >= 4 is 11.8 Å². The maximum Gasteiger partial charge on any atom is 0.251 e. The lowest BCUT2D eigenvalue weighted by Gasteiger charge is -2.33. The standard InChI is InChI=1S/C23H30N4O3/c24-14-17-3-5-19(6-4-17)23(29)25-15-21-8-7-20(27(21)16-18-1-2-18)13-22(28)26-9-11-30-12-10-26/h3-6,18,20-21H,1-2,7-13,15-16H2,(H,25,29)/t20-,21+/m1/s1. The summed E-state index contributed by atoms with van der Waals surface area (Å²) >= 11 is 0. The highest BCUT2D eigenvalue weighted by atomic mass is 16.5. The molecule has 4 rings (SSSR count). The fraction of sp³-hybridized carbons (Fsp3) is 0.609. The number of carbonyl (C=O) groups excluding carboxylic acids is 2. The Morgan fingerprint density at radius 2 is 1.77 bits per heavy atom. The topological polar surface area (TPSA) is 85.7 Å². The lowest BCUT2D eigenvalue weighted by atomic mass is 10.1. The molecule has 2 atom stereocenters. The molecule has 1 saturated carbocycles. The lowest BCUT2D eigenvalue weighted by molar-refractivity contribution is -0.136. The predicted octanol–water partition coefficient (Wildman–Crippen LogP) is 1.78. The van der Waals surface area contributed by atoms with Gasteiger partial charge in [-0.05, 0) is 55.9 Å². The van der Waals surface area contributed by atoms with E-state index in [0.717, 1.165) is 25.3 Å². The molecule has 30 heavy (non-hydrogen) atoms. The monoisotopic (exact) mass is 410 g/mol. The van der Waals surface area contributed by atoms with Gasteiger partial charge in [-0.15, -0.1) is 0 Å². The van der Waals surface area contributed by atoms with Gasteiger partial charge in [-0.25, -0.2) is 0 Å². The van der Waals surface area contributed by atoms with E-state index in [0.29, 0.717) is 50.4 Å². The summed E-state index contributed by atoms with van der Waals surface area (Å²) in [4.78, 5) is 29.7. The number of likely N-dealkylation sites (tertiary alicyclic amines) is 1. The Morgan fingerprint density at radius 3 is 2.43 bits per heavy atom. The summed E-state index contributed by atoms with van der Waals surface area (Å²) in [6.45, 7) is 4.27. The number of morpholine rings is 1. The fourth-order valence-corrected chi connectivity index (χ4v) is 4.50. The van der Waals surface area contributed by atoms with Crippen LogP contribution < -0.4 is 5.32 Å². The first-order valence-electron chi connectivity index (χ1n) is 11.0. The van der Waals surface area contributed by atoms with E-state index in [1.165, 1.54) is 12.8 Å². The Hall–Kier alpha value is -2.43. The van der Waals surface area contributed by atoms with E-state index in [4.69, 9.17) is 10.00 Å². The average molecular weight is 411 g/mol. The number of hydrogen-bond donors (Lipinski definition) is 1. The molecule has 2 amide bonds. The van der Waals surface area contributed by atoms with E-state index < -0.39 is 0 Å². The SMILES string of the molecule is N#Cc1ccc(C(=O)NC[C@@H]2CC[C@H](CC(=O)N3CCOCC3)N2CC2CC2)cc1. The highest BCUT2D eigenvalue weighted by molar-refractivity contribution is 5.94. The second-order valence-corrected chi connectivity index (χ2v) is 8.62. The molecule has 1 aromatic rings. The van der Waals surface area contributed by atoms with Gasteiger partial charge in [-0.1, -0.05) is 0 Å². The number of hydrogen-bond acceptors (Lipinski definition) is 5. The van der Waals surface area contributed by atoms with Gasteiger partial charge in [-0.3, -0.25) is 14.5 Å². The number of carbonyl (C=O) groups is 2. The van der Waals surface area contributed by atoms with E-state index in [1.807, 2.05) is 4.90 Å². The maximum atomic E-state index is 12.8. The highest BCUT2D eigenvalue weighted by Gasteiger charge is 2.38. The second kappa shape index (κ2) is 9.59. The van der Waals surface area contributed by atoms with Crippen LogP contribution in [0.4, 0.5) is 0 Å². The van der Waals surface area contributed by atoms with Crippen molar-refractivity contribution in [3.63, 3.8) is 0 Å². The van der Waals surface area contributed by atoms with Gasteiger partial charge >= 0.3 is 0 Å². The van der Waals surface area contributed by atoms with Gasteiger partial charge in [0.2, 0.25) is 5.91 Å². The number of amides is 2. The van der Waals surface area contributed by atoms with Crippen LogP contribution in [0.25, 0.3) is 0 Å². The lowest BCUT2D eigenvalue weighted by Crippen LogP contribution is -2.47. The summed E-state index contributed by atoms with van der Waals surface area (Å²) in [5.41, 5.74) is 1.12. The summed E-state index contributed by atoms with van der Waals surface area (Å²) in [5, 5.41) is 12.0. The third-order valence-corrected chi connectivity index (χ3v) is 6.49. The molecule has 0 aromatic heterocycles. The van der Waals surface area contributed by atoms with Crippen LogP contribution >= 0.6 is 0 Å². The molecule has 1 aromatic carbocycles. The number of nitrogens with one attached hydrogen (secondary N) is 1. The molecule has 7 heteroatoms. The first kappa shape index (κ1) is 20.8. The van der Waals surface area contributed by atoms with Crippen LogP contribution in [0.3, 0.4) is 0 Å². The Kier molecular flexibility index (Phi) is 6.66. The quantitative estimate of drug-likeness (QED) is 0.741. The maximum absolute atomic E-state index is 12.8. The van der Waals surface area contributed by atoms with Gasteiger partial charge in [0.15, 0.2) is 0 Å². The molecule has 0 radical (unpaired) electrons. The fourth-order valence-electron chi connectivity index (χ4n) is 4.50. The Bertz CT molecular complexity index is 794. The normalized spacial score (nSPS) is 24.4. The summed E-state index contributed by atoms with van der Waals surface area (Å²) in [6, 6.07) is 9.31. The molecule has 2 aliphatic heterocycles. The zero-order valence-electron chi connectivity index (χ0n) is 17.4. The number of benzene rings is 1. The zero-order chi connectivity index (χ0) is 20.9.